The number of nitrogens with two attached hydrogens (primary N) is 1. The molecule has 1 fully saturated rings. The zero-order valence-corrected chi connectivity index (χ0v) is 8.80. The van der Waals surface area contributed by atoms with Crippen LogP contribution >= 0.6 is 0 Å². The fourth-order valence-electron chi connectivity index (χ4n) is 1.59. The normalized spacial score (nSPS) is 20.3. The molecule has 1 aliphatic rings. The molecule has 1 aromatic rings. The molecule has 6 heteroatoms. The second-order valence-electron chi connectivity index (χ2n) is 3.65. The smallest absolute Gasteiger partial charge is 0.251 e. The highest BCUT2D eigenvalue weighted by molar-refractivity contribution is 6.06. The van der Waals surface area contributed by atoms with Crippen molar-refractivity contribution in [2.75, 3.05) is 18.1 Å². The van der Waals surface area contributed by atoms with Crippen LogP contribution in [0.4, 0.5) is 11.4 Å². The largest absolute Gasteiger partial charge is 0.396 e. The molecule has 0 spiro atoms. The van der Waals surface area contributed by atoms with Crippen LogP contribution in [0.1, 0.15) is 6.42 Å². The number of nitrogens with one attached hydrogen (secondary N) is 1. The van der Waals surface area contributed by atoms with Gasteiger partial charge in [0.1, 0.15) is 6.04 Å². The van der Waals surface area contributed by atoms with Crippen LogP contribution in [-0.2, 0) is 9.59 Å². The number of pyridine rings is 1. The lowest BCUT2D eigenvalue weighted by atomic mass is 10.2. The van der Waals surface area contributed by atoms with Gasteiger partial charge in [0.25, 0.3) is 5.91 Å². The van der Waals surface area contributed by atoms with Crippen LogP contribution in [0, 0.1) is 0 Å². The third-order valence-corrected chi connectivity index (χ3v) is 2.56. The van der Waals surface area contributed by atoms with E-state index < -0.39 is 6.04 Å². The molecule has 2 heterocycles. The van der Waals surface area contributed by atoms with Crippen LogP contribution < -0.4 is 11.1 Å². The monoisotopic (exact) mass is 220 g/mol. The van der Waals surface area contributed by atoms with Gasteiger partial charge in [-0.15, -0.1) is 0 Å². The van der Waals surface area contributed by atoms with Crippen molar-refractivity contribution in [1.82, 2.24) is 9.88 Å². The Morgan fingerprint density at radius 2 is 2.31 bits per heavy atom. The van der Waals surface area contributed by atoms with Crippen LogP contribution in [0.2, 0.25) is 0 Å². The Hall–Kier alpha value is -2.11. The minimum Gasteiger partial charge on any atom is -0.396 e. The average Bonchev–Trinajstić information content (AvgIpc) is 2.50. The molecule has 1 aliphatic heterocycles. The number of imide groups is 1. The van der Waals surface area contributed by atoms with Crippen molar-refractivity contribution in [1.29, 1.82) is 0 Å². The number of nitrogens with zero attached hydrogens (tertiary/aromatic N) is 2. The number of carbonyl (C=O) groups excluding carboxylic acids is 2. The Morgan fingerprint density at radius 3 is 2.88 bits per heavy atom. The van der Waals surface area contributed by atoms with Gasteiger partial charge >= 0.3 is 0 Å². The van der Waals surface area contributed by atoms with Crippen LogP contribution in [0.15, 0.2) is 18.5 Å². The standard InChI is InChI=1S/C10H12N4O2/c1-14-9(15)4-8(10(14)16)13-7-2-3-12-5-6(7)11/h2-3,5,8H,4,11H2,1H3,(H,12,13). The summed E-state index contributed by atoms with van der Waals surface area (Å²) in [6, 6.07) is 1.15. The first-order chi connectivity index (χ1) is 7.59. The maximum atomic E-state index is 11.6. The molecule has 84 valence electrons. The van der Waals surface area contributed by atoms with Crippen molar-refractivity contribution in [3.63, 3.8) is 0 Å². The second-order valence-corrected chi connectivity index (χ2v) is 3.65. The third-order valence-electron chi connectivity index (χ3n) is 2.56. The predicted molar refractivity (Wildman–Crippen MR) is 58.5 cm³/mol. The third kappa shape index (κ3) is 1.69. The topological polar surface area (TPSA) is 88.3 Å². The van der Waals surface area contributed by atoms with Gasteiger partial charge in [0, 0.05) is 13.2 Å². The minimum absolute atomic E-state index is 0.164. The molecule has 1 unspecified atom stereocenters. The van der Waals surface area contributed by atoms with Gasteiger partial charge in [0.2, 0.25) is 5.91 Å². The fraction of sp³-hybridized carbons (Fsp3) is 0.300. The Bertz CT molecular complexity index is 446. The number of carbonyl (C=O) groups is 2. The summed E-state index contributed by atoms with van der Waals surface area (Å²) < 4.78 is 0. The Balaban J connectivity index is 2.15. The van der Waals surface area contributed by atoms with E-state index in [2.05, 4.69) is 10.3 Å². The summed E-state index contributed by atoms with van der Waals surface area (Å²) in [5.41, 5.74) is 6.76. The van der Waals surface area contributed by atoms with Crippen molar-refractivity contribution in [2.24, 2.45) is 0 Å². The predicted octanol–water partition coefficient (Wildman–Crippen LogP) is -0.167. The van der Waals surface area contributed by atoms with Gasteiger partial charge in [-0.1, -0.05) is 0 Å². The number of hydrogen-bond acceptors (Lipinski definition) is 5. The van der Waals surface area contributed by atoms with Gasteiger partial charge < -0.3 is 11.1 Å². The summed E-state index contributed by atoms with van der Waals surface area (Å²) in [7, 11) is 1.47. The van der Waals surface area contributed by atoms with Crippen molar-refractivity contribution in [3.05, 3.63) is 18.5 Å². The second kappa shape index (κ2) is 3.80. The van der Waals surface area contributed by atoms with E-state index >= 15 is 0 Å². The zero-order chi connectivity index (χ0) is 11.7. The van der Waals surface area contributed by atoms with E-state index in [1.807, 2.05) is 0 Å². The van der Waals surface area contributed by atoms with Crippen molar-refractivity contribution in [3.8, 4) is 0 Å². The molecule has 1 aromatic heterocycles. The highest BCUT2D eigenvalue weighted by atomic mass is 16.2. The number of aromatic nitrogens is 1. The number of hydrogen-bond donors (Lipinski definition) is 2. The molecule has 2 rings (SSSR count). The number of rotatable bonds is 2. The first kappa shape index (κ1) is 10.4. The molecule has 0 bridgehead atoms. The summed E-state index contributed by atoms with van der Waals surface area (Å²) in [6.07, 6.45) is 3.23. The average molecular weight is 220 g/mol. The fourth-order valence-corrected chi connectivity index (χ4v) is 1.59. The van der Waals surface area contributed by atoms with Crippen LogP contribution in [0.25, 0.3) is 0 Å². The Kier molecular flexibility index (Phi) is 2.47. The molecular formula is C10H12N4O2. The maximum Gasteiger partial charge on any atom is 0.251 e. The molecule has 1 saturated heterocycles. The zero-order valence-electron chi connectivity index (χ0n) is 8.80. The molecule has 6 nitrogen and oxygen atoms in total. The molecule has 0 saturated carbocycles. The van der Waals surface area contributed by atoms with E-state index in [0.29, 0.717) is 11.4 Å². The number of likely N-dealkylation sites (tertiary alicyclic amines) is 1. The van der Waals surface area contributed by atoms with Crippen molar-refractivity contribution >= 4 is 23.2 Å². The molecule has 3 N–H and O–H groups in total. The Morgan fingerprint density at radius 1 is 1.56 bits per heavy atom. The number of nitrogen functional groups attached to an aromatic ring is 1. The number of likely N-dealkylation sites (N-methyl/N-ethyl adjacent to an activating group) is 1. The molecule has 1 atom stereocenters. The molecule has 0 aliphatic carbocycles. The van der Waals surface area contributed by atoms with E-state index in [9.17, 15) is 9.59 Å². The summed E-state index contributed by atoms with van der Waals surface area (Å²) in [5, 5.41) is 2.94. The van der Waals surface area contributed by atoms with Crippen molar-refractivity contribution < 1.29 is 9.59 Å². The van der Waals surface area contributed by atoms with Gasteiger partial charge in [-0.3, -0.25) is 19.5 Å². The highest BCUT2D eigenvalue weighted by Gasteiger charge is 2.36. The maximum absolute atomic E-state index is 11.6. The van der Waals surface area contributed by atoms with E-state index in [4.69, 9.17) is 5.73 Å². The SMILES string of the molecule is CN1C(=O)CC(Nc2ccncc2N)C1=O. The molecule has 0 radical (unpaired) electrons. The first-order valence-corrected chi connectivity index (χ1v) is 4.86. The van der Waals surface area contributed by atoms with Crippen LogP contribution in [0.3, 0.4) is 0 Å². The van der Waals surface area contributed by atoms with E-state index in [1.54, 1.807) is 12.3 Å². The van der Waals surface area contributed by atoms with Gasteiger partial charge in [0.15, 0.2) is 0 Å². The van der Waals surface area contributed by atoms with Gasteiger partial charge in [-0.25, -0.2) is 0 Å². The van der Waals surface area contributed by atoms with Crippen LogP contribution in [-0.4, -0.2) is 34.8 Å². The lowest BCUT2D eigenvalue weighted by Gasteiger charge is -2.13. The molecule has 16 heavy (non-hydrogen) atoms. The van der Waals surface area contributed by atoms with Gasteiger partial charge in [0.05, 0.1) is 24.0 Å². The van der Waals surface area contributed by atoms with Gasteiger partial charge in [-0.05, 0) is 6.07 Å². The van der Waals surface area contributed by atoms with Gasteiger partial charge in [-0.2, -0.15) is 0 Å². The summed E-state index contributed by atoms with van der Waals surface area (Å²) >= 11 is 0. The quantitative estimate of drug-likeness (QED) is 0.676. The summed E-state index contributed by atoms with van der Waals surface area (Å²) in [5.74, 6) is -0.420. The lowest BCUT2D eigenvalue weighted by Crippen LogP contribution is -2.32. The van der Waals surface area contributed by atoms with E-state index in [1.165, 1.54) is 13.2 Å². The first-order valence-electron chi connectivity index (χ1n) is 4.86. The highest BCUT2D eigenvalue weighted by Crippen LogP contribution is 2.20. The minimum atomic E-state index is -0.526. The summed E-state index contributed by atoms with van der Waals surface area (Å²) in [4.78, 5) is 27.9. The molecule has 0 aromatic carbocycles. The number of anilines is 2. The summed E-state index contributed by atoms with van der Waals surface area (Å²) in [6.45, 7) is 0. The Labute approximate surface area is 92.4 Å². The molecule has 2 amide bonds. The van der Waals surface area contributed by atoms with E-state index in [-0.39, 0.29) is 18.2 Å². The lowest BCUT2D eigenvalue weighted by molar-refractivity contribution is -0.136. The van der Waals surface area contributed by atoms with E-state index in [0.717, 1.165) is 4.90 Å². The number of amides is 2. The van der Waals surface area contributed by atoms with Crippen molar-refractivity contribution in [2.45, 2.75) is 12.5 Å². The molecular weight excluding hydrogens is 208 g/mol. The van der Waals surface area contributed by atoms with Crippen LogP contribution in [0.5, 0.6) is 0 Å².